The molecule has 65 heavy (non-hydrogen) atoms. The SMILES string of the molecule is C=C/C=C(\C=C/C)CN=C(N=C(N=C)c1ccccc1)c1cccc2sc3cc(-c4nc(-c5ccc6c7ccccc7n(-c7ccccc7)c6c5)c5sc6ccccc6c5n4)ccc3c12. The van der Waals surface area contributed by atoms with Crippen molar-refractivity contribution in [3.05, 3.63) is 211 Å². The Balaban J connectivity index is 1.09. The number of allylic oxidation sites excluding steroid dienone is 3. The molecule has 0 unspecified atom stereocenters. The molecule has 0 bridgehead atoms. The molecule has 7 aromatic carbocycles. The van der Waals surface area contributed by atoms with Gasteiger partial charge >= 0.3 is 0 Å². The Hall–Kier alpha value is -7.91. The zero-order valence-electron chi connectivity index (χ0n) is 35.5. The maximum atomic E-state index is 5.47. The van der Waals surface area contributed by atoms with Crippen LogP contribution in [0.3, 0.4) is 0 Å². The second-order valence-corrected chi connectivity index (χ2v) is 17.8. The molecule has 0 aliphatic heterocycles. The highest BCUT2D eigenvalue weighted by Gasteiger charge is 2.21. The summed E-state index contributed by atoms with van der Waals surface area (Å²) in [5.41, 5.74) is 10.1. The highest BCUT2D eigenvalue weighted by Crippen LogP contribution is 2.43. The number of amidine groups is 2. The summed E-state index contributed by atoms with van der Waals surface area (Å²) in [4.78, 5) is 25.5. The van der Waals surface area contributed by atoms with Crippen LogP contribution in [0, 0.1) is 0 Å². The van der Waals surface area contributed by atoms with Crippen LogP contribution in [-0.4, -0.2) is 39.5 Å². The van der Waals surface area contributed by atoms with E-state index in [1.165, 1.54) is 21.0 Å². The number of rotatable bonds is 9. The number of thiophene rings is 2. The number of fused-ring (bicyclic) bond motifs is 9. The number of hydrogen-bond donors (Lipinski definition) is 0. The van der Waals surface area contributed by atoms with Gasteiger partial charge < -0.3 is 4.57 Å². The molecule has 0 spiro atoms. The molecule has 4 aromatic heterocycles. The summed E-state index contributed by atoms with van der Waals surface area (Å²) in [6, 6.07) is 57.4. The maximum Gasteiger partial charge on any atom is 0.161 e. The second kappa shape index (κ2) is 17.0. The van der Waals surface area contributed by atoms with Crippen molar-refractivity contribution in [1.82, 2.24) is 14.5 Å². The molecular weight excluding hydrogens is 833 g/mol. The Kier molecular flexibility index (Phi) is 10.4. The van der Waals surface area contributed by atoms with Crippen LogP contribution in [-0.2, 0) is 0 Å². The predicted molar refractivity (Wildman–Crippen MR) is 280 cm³/mol. The van der Waals surface area contributed by atoms with Crippen LogP contribution in [0.1, 0.15) is 18.1 Å². The first-order valence-electron chi connectivity index (χ1n) is 21.4. The molecule has 0 atom stereocenters. The number of hydrogen-bond acceptors (Lipinski definition) is 5. The Morgan fingerprint density at radius 1 is 0.646 bits per heavy atom. The average Bonchev–Trinajstić information content (AvgIpc) is 4.03. The first-order valence-corrected chi connectivity index (χ1v) is 23.1. The van der Waals surface area contributed by atoms with Crippen LogP contribution < -0.4 is 0 Å². The van der Waals surface area contributed by atoms with E-state index in [-0.39, 0.29) is 0 Å². The molecular formula is C57H40N6S2. The van der Waals surface area contributed by atoms with E-state index in [1.54, 1.807) is 28.7 Å². The van der Waals surface area contributed by atoms with Crippen molar-refractivity contribution in [3.63, 3.8) is 0 Å². The number of para-hydroxylation sites is 2. The molecule has 11 rings (SSSR count). The lowest BCUT2D eigenvalue weighted by molar-refractivity contribution is 1.17. The lowest BCUT2D eigenvalue weighted by atomic mass is 10.0. The van der Waals surface area contributed by atoms with E-state index in [4.69, 9.17) is 20.0 Å². The highest BCUT2D eigenvalue weighted by molar-refractivity contribution is 7.26. The van der Waals surface area contributed by atoms with E-state index >= 15 is 0 Å². The summed E-state index contributed by atoms with van der Waals surface area (Å²) in [6.45, 7) is 10.2. The van der Waals surface area contributed by atoms with Crippen molar-refractivity contribution in [1.29, 1.82) is 0 Å². The summed E-state index contributed by atoms with van der Waals surface area (Å²) in [5, 5.41) is 5.74. The largest absolute Gasteiger partial charge is 0.309 e. The fraction of sp³-hybridized carbons (Fsp3) is 0.0351. The Morgan fingerprint density at radius 3 is 2.18 bits per heavy atom. The van der Waals surface area contributed by atoms with Gasteiger partial charge in [-0.05, 0) is 61.7 Å². The minimum Gasteiger partial charge on any atom is -0.309 e. The van der Waals surface area contributed by atoms with Gasteiger partial charge in [0, 0.05) is 69.0 Å². The molecule has 0 N–H and O–H groups in total. The Bertz CT molecular complexity index is 3790. The lowest BCUT2D eigenvalue weighted by Gasteiger charge is -2.10. The van der Waals surface area contributed by atoms with Gasteiger partial charge in [0.1, 0.15) is 0 Å². The van der Waals surface area contributed by atoms with E-state index in [0.29, 0.717) is 24.0 Å². The Labute approximate surface area is 384 Å². The molecule has 310 valence electrons. The number of nitrogens with zero attached hydrogens (tertiary/aromatic N) is 6. The van der Waals surface area contributed by atoms with Crippen molar-refractivity contribution >= 4 is 103 Å². The quantitative estimate of drug-likeness (QED) is 0.0824. The van der Waals surface area contributed by atoms with Gasteiger partial charge in [0.25, 0.3) is 0 Å². The predicted octanol–water partition coefficient (Wildman–Crippen LogP) is 15.2. The average molecular weight is 873 g/mol. The molecule has 11 aromatic rings. The molecule has 0 fully saturated rings. The minimum atomic E-state index is 0.415. The molecule has 0 saturated heterocycles. The Morgan fingerprint density at radius 2 is 1.37 bits per heavy atom. The van der Waals surface area contributed by atoms with Gasteiger partial charge in [0.15, 0.2) is 17.5 Å². The van der Waals surface area contributed by atoms with Crippen LogP contribution in [0.5, 0.6) is 0 Å². The standard InChI is InChI=1S/C57H40N6S2/c1-4-17-36(18-5-2)35-59-57(62-55(58-3)37-19-8-6-9-20-37)45-25-16-28-49-51(45)43-32-30-39(34-50(43)64-49)56-60-52(54-53(61-56)44-24-13-15-27-48(44)65-54)38-29-31-42-41-23-12-14-26-46(41)63(47(42)33-38)40-21-10-7-11-22-40/h4-34H,1,3,35H2,2H3/b18-5-,36-17+,59-57?,62-55?. The monoisotopic (exact) mass is 872 g/mol. The molecule has 0 saturated carbocycles. The number of aliphatic imine (C=N–C) groups is 3. The van der Waals surface area contributed by atoms with Crippen molar-refractivity contribution < 1.29 is 0 Å². The normalized spacial score (nSPS) is 12.8. The van der Waals surface area contributed by atoms with Gasteiger partial charge in [-0.3, -0.25) is 4.99 Å². The van der Waals surface area contributed by atoms with Crippen LogP contribution in [0.25, 0.3) is 90.6 Å². The van der Waals surface area contributed by atoms with Crippen molar-refractivity contribution in [2.24, 2.45) is 15.0 Å². The fourth-order valence-corrected chi connectivity index (χ4v) is 11.1. The topological polar surface area (TPSA) is 67.8 Å². The van der Waals surface area contributed by atoms with Gasteiger partial charge in [-0.2, -0.15) is 0 Å². The first-order chi connectivity index (χ1) is 32.1. The second-order valence-electron chi connectivity index (χ2n) is 15.7. The first kappa shape index (κ1) is 39.9. The highest BCUT2D eigenvalue weighted by atomic mass is 32.1. The zero-order valence-corrected chi connectivity index (χ0v) is 37.2. The zero-order chi connectivity index (χ0) is 43.9. The molecule has 4 heterocycles. The van der Waals surface area contributed by atoms with Gasteiger partial charge in [-0.25, -0.2) is 20.0 Å². The molecule has 8 heteroatoms. The van der Waals surface area contributed by atoms with Gasteiger partial charge in [0.2, 0.25) is 0 Å². The van der Waals surface area contributed by atoms with E-state index < -0.39 is 0 Å². The van der Waals surface area contributed by atoms with Crippen molar-refractivity contribution in [2.45, 2.75) is 6.92 Å². The molecule has 6 nitrogen and oxygen atoms in total. The maximum absolute atomic E-state index is 5.47. The van der Waals surface area contributed by atoms with Crippen LogP contribution in [0.15, 0.2) is 215 Å². The van der Waals surface area contributed by atoms with E-state index in [0.717, 1.165) is 80.5 Å². The molecule has 0 amide bonds. The van der Waals surface area contributed by atoms with Gasteiger partial charge in [-0.1, -0.05) is 152 Å². The van der Waals surface area contributed by atoms with Crippen LogP contribution >= 0.6 is 22.7 Å². The van der Waals surface area contributed by atoms with E-state index in [9.17, 15) is 0 Å². The fourth-order valence-electron chi connectivity index (χ4n) is 8.79. The molecule has 0 aliphatic rings. The lowest BCUT2D eigenvalue weighted by Crippen LogP contribution is -2.06. The van der Waals surface area contributed by atoms with Crippen molar-refractivity contribution in [2.75, 3.05) is 6.54 Å². The molecule has 0 aliphatic carbocycles. The number of benzene rings is 7. The number of aromatic nitrogens is 3. The summed E-state index contributed by atoms with van der Waals surface area (Å²) in [5.74, 6) is 1.77. The third-order valence-corrected chi connectivity index (χ3v) is 14.0. The van der Waals surface area contributed by atoms with Gasteiger partial charge in [-0.15, -0.1) is 22.7 Å². The smallest absolute Gasteiger partial charge is 0.161 e. The minimum absolute atomic E-state index is 0.415. The molecule has 0 radical (unpaired) electrons. The van der Waals surface area contributed by atoms with E-state index in [2.05, 4.69) is 156 Å². The van der Waals surface area contributed by atoms with Crippen LogP contribution in [0.2, 0.25) is 0 Å². The van der Waals surface area contributed by atoms with Crippen LogP contribution in [0.4, 0.5) is 0 Å². The summed E-state index contributed by atoms with van der Waals surface area (Å²) in [7, 11) is 0. The summed E-state index contributed by atoms with van der Waals surface area (Å²) >= 11 is 3.49. The third kappa shape index (κ3) is 7.19. The third-order valence-electron chi connectivity index (χ3n) is 11.7. The van der Waals surface area contributed by atoms with E-state index in [1.807, 2.05) is 55.5 Å². The summed E-state index contributed by atoms with van der Waals surface area (Å²) in [6.07, 6.45) is 7.82. The van der Waals surface area contributed by atoms with Crippen molar-refractivity contribution in [3.8, 4) is 28.3 Å². The summed E-state index contributed by atoms with van der Waals surface area (Å²) < 4.78 is 6.86. The van der Waals surface area contributed by atoms with Gasteiger partial charge in [0.05, 0.1) is 33.5 Å².